The number of rotatable bonds is 5. The van der Waals surface area contributed by atoms with Gasteiger partial charge in [0, 0.05) is 5.02 Å². The Kier molecular flexibility index (Phi) is 4.92. The molecule has 0 spiro atoms. The Morgan fingerprint density at radius 3 is 2.32 bits per heavy atom. The molecule has 0 amide bonds. The van der Waals surface area contributed by atoms with Crippen LogP contribution in [-0.2, 0) is 9.84 Å². The number of sulfone groups is 1. The van der Waals surface area contributed by atoms with Crippen LogP contribution in [0.5, 0.6) is 0 Å². The van der Waals surface area contributed by atoms with Crippen molar-refractivity contribution in [3.63, 3.8) is 0 Å². The van der Waals surface area contributed by atoms with Gasteiger partial charge >= 0.3 is 5.97 Å². The third-order valence-electron chi connectivity index (χ3n) is 2.89. The van der Waals surface area contributed by atoms with E-state index in [0.717, 1.165) is 12.1 Å². The number of halogens is 2. The van der Waals surface area contributed by atoms with E-state index in [-0.39, 0.29) is 5.02 Å². The third kappa shape index (κ3) is 3.06. The minimum Gasteiger partial charge on any atom is -0.478 e. The second-order valence-corrected chi connectivity index (χ2v) is 6.69. The van der Waals surface area contributed by atoms with E-state index >= 15 is 0 Å². The minimum absolute atomic E-state index is 0.122. The molecule has 0 radical (unpaired) electrons. The zero-order valence-electron chi connectivity index (χ0n) is 10.5. The van der Waals surface area contributed by atoms with Gasteiger partial charge in [0.1, 0.15) is 4.90 Å². The zero-order valence-corrected chi connectivity index (χ0v) is 12.1. The Balaban J connectivity index is 3.55. The van der Waals surface area contributed by atoms with Gasteiger partial charge in [0.05, 0.1) is 10.8 Å². The van der Waals surface area contributed by atoms with E-state index in [2.05, 4.69) is 0 Å². The number of benzene rings is 1. The molecule has 0 saturated carbocycles. The van der Waals surface area contributed by atoms with Crippen molar-refractivity contribution in [1.82, 2.24) is 0 Å². The summed E-state index contributed by atoms with van der Waals surface area (Å²) >= 11 is 5.67. The summed E-state index contributed by atoms with van der Waals surface area (Å²) in [4.78, 5) is 10.2. The smallest absolute Gasteiger partial charge is 0.338 e. The fraction of sp³-hybridized carbons (Fsp3) is 0.417. The predicted octanol–water partition coefficient (Wildman–Crippen LogP) is 3.14. The molecular formula is C12H14ClFO4S. The molecule has 106 valence electrons. The molecule has 1 aromatic carbocycles. The normalized spacial score (nSPS) is 11.8. The van der Waals surface area contributed by atoms with Crippen molar-refractivity contribution in [2.24, 2.45) is 0 Å². The standard InChI is InChI=1S/C12H14ClFO4S/c1-3-8(4-2)19(17,18)10-6-7(13)5-9(11(10)14)12(15)16/h5-6,8H,3-4H2,1-2H3,(H,15,16). The van der Waals surface area contributed by atoms with Crippen molar-refractivity contribution in [1.29, 1.82) is 0 Å². The van der Waals surface area contributed by atoms with Gasteiger partial charge in [0.2, 0.25) is 0 Å². The molecule has 0 atom stereocenters. The highest BCUT2D eigenvalue weighted by molar-refractivity contribution is 7.92. The molecule has 1 aromatic rings. The summed E-state index contributed by atoms with van der Waals surface area (Å²) in [6.07, 6.45) is 0.625. The van der Waals surface area contributed by atoms with Gasteiger partial charge in [-0.25, -0.2) is 17.6 Å². The van der Waals surface area contributed by atoms with E-state index in [1.807, 2.05) is 0 Å². The SMILES string of the molecule is CCC(CC)S(=O)(=O)c1cc(Cl)cc(C(=O)O)c1F. The second-order valence-electron chi connectivity index (χ2n) is 4.05. The van der Waals surface area contributed by atoms with Crippen molar-refractivity contribution in [3.05, 3.63) is 28.5 Å². The number of hydrogen-bond donors (Lipinski definition) is 1. The van der Waals surface area contributed by atoms with Crippen LogP contribution in [0.25, 0.3) is 0 Å². The monoisotopic (exact) mass is 308 g/mol. The molecule has 0 aliphatic heterocycles. The summed E-state index contributed by atoms with van der Waals surface area (Å²) in [5, 5.41) is 7.96. The molecule has 0 saturated heterocycles. The second kappa shape index (κ2) is 5.88. The fourth-order valence-corrected chi connectivity index (χ4v) is 4.00. The molecule has 0 bridgehead atoms. The first-order chi connectivity index (χ1) is 8.75. The Morgan fingerprint density at radius 1 is 1.37 bits per heavy atom. The third-order valence-corrected chi connectivity index (χ3v) is 5.56. The van der Waals surface area contributed by atoms with E-state index < -0.39 is 37.3 Å². The Morgan fingerprint density at radius 2 is 1.89 bits per heavy atom. The molecule has 7 heteroatoms. The van der Waals surface area contributed by atoms with Crippen molar-refractivity contribution in [3.8, 4) is 0 Å². The number of aromatic carboxylic acids is 1. The molecule has 0 unspecified atom stereocenters. The van der Waals surface area contributed by atoms with Crippen LogP contribution in [0.1, 0.15) is 37.0 Å². The highest BCUT2D eigenvalue weighted by Gasteiger charge is 2.30. The van der Waals surface area contributed by atoms with Crippen LogP contribution in [0.15, 0.2) is 17.0 Å². The maximum absolute atomic E-state index is 14.0. The lowest BCUT2D eigenvalue weighted by molar-refractivity contribution is 0.0691. The molecular weight excluding hydrogens is 295 g/mol. The van der Waals surface area contributed by atoms with Gasteiger partial charge < -0.3 is 5.11 Å². The van der Waals surface area contributed by atoms with Crippen LogP contribution in [0.2, 0.25) is 5.02 Å². The molecule has 0 aliphatic carbocycles. The van der Waals surface area contributed by atoms with Crippen LogP contribution in [0.3, 0.4) is 0 Å². The molecule has 1 N–H and O–H groups in total. The Bertz CT molecular complexity index is 594. The lowest BCUT2D eigenvalue weighted by atomic mass is 10.2. The van der Waals surface area contributed by atoms with Crippen LogP contribution >= 0.6 is 11.6 Å². The zero-order chi connectivity index (χ0) is 14.8. The first-order valence-corrected chi connectivity index (χ1v) is 7.64. The Hall–Kier alpha value is -1.14. The molecule has 0 heterocycles. The van der Waals surface area contributed by atoms with Crippen molar-refractivity contribution in [2.75, 3.05) is 0 Å². The average Bonchev–Trinajstić information content (AvgIpc) is 2.32. The summed E-state index contributed by atoms with van der Waals surface area (Å²) in [6.45, 7) is 3.35. The van der Waals surface area contributed by atoms with E-state index in [1.54, 1.807) is 13.8 Å². The number of carboxylic acids is 1. The van der Waals surface area contributed by atoms with Crippen molar-refractivity contribution in [2.45, 2.75) is 36.8 Å². The van der Waals surface area contributed by atoms with Gasteiger partial charge in [0.15, 0.2) is 15.7 Å². The van der Waals surface area contributed by atoms with Gasteiger partial charge in [-0.3, -0.25) is 0 Å². The van der Waals surface area contributed by atoms with E-state index in [9.17, 15) is 17.6 Å². The predicted molar refractivity (Wildman–Crippen MR) is 69.9 cm³/mol. The highest BCUT2D eigenvalue weighted by atomic mass is 35.5. The average molecular weight is 309 g/mol. The number of carbonyl (C=O) groups is 1. The molecule has 1 rings (SSSR count). The molecule has 0 aromatic heterocycles. The van der Waals surface area contributed by atoms with E-state index in [4.69, 9.17) is 16.7 Å². The fourth-order valence-electron chi connectivity index (χ4n) is 1.83. The molecule has 0 fully saturated rings. The minimum atomic E-state index is -3.93. The first-order valence-electron chi connectivity index (χ1n) is 5.71. The largest absolute Gasteiger partial charge is 0.478 e. The number of hydrogen-bond acceptors (Lipinski definition) is 3. The summed E-state index contributed by atoms with van der Waals surface area (Å²) in [5.41, 5.74) is -0.739. The van der Waals surface area contributed by atoms with Gasteiger partial charge in [0.25, 0.3) is 0 Å². The molecule has 4 nitrogen and oxygen atoms in total. The summed E-state index contributed by atoms with van der Waals surface area (Å²) in [6, 6.07) is 1.85. The maximum atomic E-state index is 14.0. The van der Waals surface area contributed by atoms with E-state index in [0.29, 0.717) is 12.8 Å². The van der Waals surface area contributed by atoms with Gasteiger partial charge in [-0.1, -0.05) is 25.4 Å². The lowest BCUT2D eigenvalue weighted by Gasteiger charge is -2.15. The highest BCUT2D eigenvalue weighted by Crippen LogP contribution is 2.28. The maximum Gasteiger partial charge on any atom is 0.338 e. The van der Waals surface area contributed by atoms with Gasteiger partial charge in [-0.05, 0) is 25.0 Å². The van der Waals surface area contributed by atoms with Crippen LogP contribution < -0.4 is 0 Å². The lowest BCUT2D eigenvalue weighted by Crippen LogP contribution is -2.22. The van der Waals surface area contributed by atoms with Crippen LogP contribution in [-0.4, -0.2) is 24.7 Å². The van der Waals surface area contributed by atoms with Crippen molar-refractivity contribution >= 4 is 27.4 Å². The van der Waals surface area contributed by atoms with Crippen LogP contribution in [0.4, 0.5) is 4.39 Å². The van der Waals surface area contributed by atoms with E-state index in [1.165, 1.54) is 0 Å². The Labute approximate surface area is 116 Å². The number of carboxylic acid groups (broad SMARTS) is 1. The topological polar surface area (TPSA) is 71.4 Å². The molecule has 0 aliphatic rings. The first kappa shape index (κ1) is 15.9. The quantitative estimate of drug-likeness (QED) is 0.907. The molecule has 19 heavy (non-hydrogen) atoms. The summed E-state index contributed by atoms with van der Waals surface area (Å²) < 4.78 is 38.5. The van der Waals surface area contributed by atoms with Crippen molar-refractivity contribution < 1.29 is 22.7 Å². The van der Waals surface area contributed by atoms with Crippen LogP contribution in [0, 0.1) is 5.82 Å². The summed E-state index contributed by atoms with van der Waals surface area (Å²) in [7, 11) is -3.93. The van der Waals surface area contributed by atoms with Gasteiger partial charge in [-0.15, -0.1) is 0 Å². The summed E-state index contributed by atoms with van der Waals surface area (Å²) in [5.74, 6) is -2.82. The van der Waals surface area contributed by atoms with Gasteiger partial charge in [-0.2, -0.15) is 0 Å².